The number of nitrogens with zero attached hydrogens (tertiary/aromatic N) is 3. The maximum Gasteiger partial charge on any atom is 0.410 e. The van der Waals surface area contributed by atoms with Gasteiger partial charge in [-0.1, -0.05) is 66.5 Å². The van der Waals surface area contributed by atoms with E-state index >= 15 is 0 Å². The summed E-state index contributed by atoms with van der Waals surface area (Å²) in [4.78, 5) is 26.4. The lowest BCUT2D eigenvalue weighted by Gasteiger charge is -2.59. The van der Waals surface area contributed by atoms with Crippen LogP contribution in [0.25, 0.3) is 0 Å². The highest BCUT2D eigenvalue weighted by atomic mass is 16.7. The Morgan fingerprint density at radius 1 is 0.983 bits per heavy atom. The summed E-state index contributed by atoms with van der Waals surface area (Å²) in [7, 11) is 1.34. The maximum atomic E-state index is 14.0. The first-order chi connectivity index (χ1) is 29.4. The number of ether oxygens (including phenoxy) is 5. The number of benzene rings is 2. The van der Waals surface area contributed by atoms with Crippen molar-refractivity contribution >= 4 is 11.8 Å². The van der Waals surface area contributed by atoms with Gasteiger partial charge in [-0.2, -0.15) is 0 Å². The first kappa shape index (κ1) is 44.8. The number of amides is 1. The molecule has 60 heavy (non-hydrogen) atoms. The van der Waals surface area contributed by atoms with E-state index in [1.54, 1.807) is 11.0 Å². The molecule has 6 rings (SSSR count). The van der Waals surface area contributed by atoms with E-state index in [0.717, 1.165) is 53.8 Å². The van der Waals surface area contributed by atoms with Gasteiger partial charge in [0, 0.05) is 43.4 Å². The zero-order chi connectivity index (χ0) is 42.3. The predicted molar refractivity (Wildman–Crippen MR) is 227 cm³/mol. The van der Waals surface area contributed by atoms with Crippen molar-refractivity contribution in [3.8, 4) is 11.5 Å². The maximum absolute atomic E-state index is 14.0. The average molecular weight is 828 g/mol. The predicted octanol–water partition coefficient (Wildman–Crippen LogP) is 6.88. The number of fused-ring (bicyclic) bond motifs is 2. The van der Waals surface area contributed by atoms with Crippen LogP contribution in [0.3, 0.4) is 0 Å². The van der Waals surface area contributed by atoms with Gasteiger partial charge in [0.1, 0.15) is 30.8 Å². The van der Waals surface area contributed by atoms with Crippen LogP contribution < -0.4 is 9.47 Å². The molecule has 0 radical (unpaired) electrons. The fourth-order valence-corrected chi connectivity index (χ4v) is 9.16. The largest absolute Gasteiger partial charge is 0.487 e. The van der Waals surface area contributed by atoms with Crippen LogP contribution in [0.15, 0.2) is 96.2 Å². The van der Waals surface area contributed by atoms with E-state index in [-0.39, 0.29) is 83.6 Å². The molecule has 1 fully saturated rings. The molecule has 2 aliphatic carbocycles. The van der Waals surface area contributed by atoms with Crippen molar-refractivity contribution in [2.75, 3.05) is 53.3 Å². The molecule has 0 saturated heterocycles. The Morgan fingerprint density at radius 3 is 2.52 bits per heavy atom. The van der Waals surface area contributed by atoms with Gasteiger partial charge in [0.25, 0.3) is 0 Å². The number of pyridine rings is 1. The van der Waals surface area contributed by atoms with E-state index in [0.29, 0.717) is 30.1 Å². The molecule has 0 bridgehead atoms. The summed E-state index contributed by atoms with van der Waals surface area (Å²) in [5, 5.41) is 34.2. The van der Waals surface area contributed by atoms with Crippen molar-refractivity contribution in [3.05, 3.63) is 114 Å². The normalized spacial score (nSPS) is 23.4. The number of methoxy groups -OCH3 is 1. The number of carbonyl (C=O) groups excluding carboxylic acids is 1. The van der Waals surface area contributed by atoms with Crippen LogP contribution in [0.5, 0.6) is 11.5 Å². The quantitative estimate of drug-likeness (QED) is 0.0519. The monoisotopic (exact) mass is 827 g/mol. The number of rotatable bonds is 23. The number of oxime groups is 1. The SMILES string of the molecule is C=CCO[C@@]12Oc3ccc(OCc4cccc(C)n4)cc3[C@H]3[C@H](CCCCO)[C@@H](CCCCO)C=C(C(=NOCc4ccccc4)C[C@@H]1N(CCOCCO)C(=O)OC)[C@H]32. The van der Waals surface area contributed by atoms with Gasteiger partial charge in [-0.15, -0.1) is 6.58 Å². The fourth-order valence-electron chi connectivity index (χ4n) is 9.16. The van der Waals surface area contributed by atoms with E-state index in [1.807, 2.05) is 67.6 Å². The van der Waals surface area contributed by atoms with Crippen molar-refractivity contribution < 1.29 is 48.6 Å². The second kappa shape index (κ2) is 22.2. The highest BCUT2D eigenvalue weighted by Gasteiger charge is 2.65. The zero-order valence-electron chi connectivity index (χ0n) is 35.0. The molecule has 3 aromatic rings. The number of unbranched alkanes of at least 4 members (excludes halogenated alkanes) is 2. The average Bonchev–Trinajstić information content (AvgIpc) is 3.26. The van der Waals surface area contributed by atoms with E-state index < -0.39 is 23.8 Å². The molecule has 6 atom stereocenters. The number of aliphatic hydroxyl groups is 3. The molecular weight excluding hydrogens is 767 g/mol. The van der Waals surface area contributed by atoms with Gasteiger partial charge in [-0.3, -0.25) is 9.88 Å². The van der Waals surface area contributed by atoms with Gasteiger partial charge in [0.2, 0.25) is 5.79 Å². The highest BCUT2D eigenvalue weighted by Crippen LogP contribution is 2.62. The Kier molecular flexibility index (Phi) is 16.5. The summed E-state index contributed by atoms with van der Waals surface area (Å²) in [6, 6.07) is 20.8. The summed E-state index contributed by atoms with van der Waals surface area (Å²) in [6.45, 7) is 6.96. The number of hydrogen-bond acceptors (Lipinski definition) is 12. The van der Waals surface area contributed by atoms with E-state index in [1.165, 1.54) is 7.11 Å². The topological polar surface area (TPSA) is 162 Å². The minimum atomic E-state index is -1.46. The van der Waals surface area contributed by atoms with Gasteiger partial charge in [-0.05, 0) is 85.9 Å². The third-order valence-corrected chi connectivity index (χ3v) is 11.7. The highest BCUT2D eigenvalue weighted by molar-refractivity contribution is 6.03. The second-order valence-corrected chi connectivity index (χ2v) is 15.6. The number of aliphatic hydroxyl groups excluding tert-OH is 3. The lowest BCUT2D eigenvalue weighted by Crippen LogP contribution is -2.70. The van der Waals surface area contributed by atoms with Crippen LogP contribution in [-0.4, -0.2) is 102 Å². The molecule has 3 N–H and O–H groups in total. The molecule has 2 heterocycles. The Hall–Kier alpha value is -4.79. The van der Waals surface area contributed by atoms with Gasteiger partial charge in [0.15, 0.2) is 0 Å². The summed E-state index contributed by atoms with van der Waals surface area (Å²) >= 11 is 0. The first-order valence-electron chi connectivity index (χ1n) is 21.2. The third kappa shape index (κ3) is 10.6. The number of aromatic nitrogens is 1. The molecule has 13 heteroatoms. The zero-order valence-corrected chi connectivity index (χ0v) is 35.0. The summed E-state index contributed by atoms with van der Waals surface area (Å²) < 4.78 is 31.8. The minimum absolute atomic E-state index is 0.0386. The summed E-state index contributed by atoms with van der Waals surface area (Å²) in [5.74, 6) is -0.824. The minimum Gasteiger partial charge on any atom is -0.487 e. The van der Waals surface area contributed by atoms with Gasteiger partial charge >= 0.3 is 6.09 Å². The van der Waals surface area contributed by atoms with Crippen LogP contribution in [-0.2, 0) is 32.3 Å². The van der Waals surface area contributed by atoms with Gasteiger partial charge < -0.3 is 43.8 Å². The summed E-state index contributed by atoms with van der Waals surface area (Å²) in [5.41, 5.74) is 5.21. The molecular formula is C47H61N3O10. The molecule has 1 amide bonds. The summed E-state index contributed by atoms with van der Waals surface area (Å²) in [6.07, 6.45) is 8.13. The molecule has 1 saturated carbocycles. The van der Waals surface area contributed by atoms with Gasteiger partial charge in [0.05, 0.1) is 50.9 Å². The molecule has 1 aliphatic heterocycles. The molecule has 0 spiro atoms. The van der Waals surface area contributed by atoms with Crippen molar-refractivity contribution in [2.45, 2.75) is 82.8 Å². The second-order valence-electron chi connectivity index (χ2n) is 15.6. The Labute approximate surface area is 353 Å². The van der Waals surface area contributed by atoms with Crippen molar-refractivity contribution in [2.24, 2.45) is 22.9 Å². The molecule has 324 valence electrons. The number of carbonyl (C=O) groups is 1. The molecule has 1 aromatic heterocycles. The van der Waals surface area contributed by atoms with E-state index in [4.69, 9.17) is 33.7 Å². The smallest absolute Gasteiger partial charge is 0.410 e. The Morgan fingerprint density at radius 2 is 1.78 bits per heavy atom. The lowest BCUT2D eigenvalue weighted by molar-refractivity contribution is -0.256. The van der Waals surface area contributed by atoms with Crippen LogP contribution in [0, 0.1) is 24.7 Å². The van der Waals surface area contributed by atoms with E-state index in [9.17, 15) is 20.1 Å². The fraction of sp³-hybridized carbons (Fsp3) is 0.511. The third-order valence-electron chi connectivity index (χ3n) is 11.7. The van der Waals surface area contributed by atoms with Crippen molar-refractivity contribution in [1.29, 1.82) is 0 Å². The Bertz CT molecular complexity index is 1910. The molecule has 3 aliphatic rings. The van der Waals surface area contributed by atoms with Crippen LogP contribution >= 0.6 is 0 Å². The van der Waals surface area contributed by atoms with Crippen LogP contribution in [0.2, 0.25) is 0 Å². The van der Waals surface area contributed by atoms with Crippen LogP contribution in [0.4, 0.5) is 4.79 Å². The number of hydrogen-bond donors (Lipinski definition) is 3. The Balaban J connectivity index is 1.54. The lowest BCUT2D eigenvalue weighted by atomic mass is 9.55. The van der Waals surface area contributed by atoms with Crippen LogP contribution in [0.1, 0.15) is 73.4 Å². The van der Waals surface area contributed by atoms with Crippen molar-refractivity contribution in [1.82, 2.24) is 9.88 Å². The molecule has 13 nitrogen and oxygen atoms in total. The first-order valence-corrected chi connectivity index (χ1v) is 21.2. The van der Waals surface area contributed by atoms with Crippen molar-refractivity contribution in [3.63, 3.8) is 0 Å². The van der Waals surface area contributed by atoms with Gasteiger partial charge in [-0.25, -0.2) is 4.79 Å². The molecule has 2 aromatic carbocycles. The number of allylic oxidation sites excluding steroid dienone is 1. The standard InChI is InChI=1S/C47H61N3O10/c1-4-25-58-47-43(50(46(54)55-3)21-26-56-27-24-53)30-41(49-59-31-34-14-6-5-7-15-34)39-28-35(16-8-10-22-51)38(18-9-11-23-52)44(45(39)47)40-29-37(19-20-42(40)60-47)57-32-36-17-12-13-33(2)48-36/h4-7,12-15,17,19-20,28-29,35,38,43-45,51-53H,1,8-11,16,18,21-27,30-32H2,2-3H3/t35-,38+,43-,44+,45+,47+/m0/s1. The molecule has 0 unspecified atom stereocenters. The number of aryl methyl sites for hydroxylation is 1. The van der Waals surface area contributed by atoms with E-state index in [2.05, 4.69) is 23.7 Å².